The van der Waals surface area contributed by atoms with E-state index in [4.69, 9.17) is 0 Å². The van der Waals surface area contributed by atoms with Gasteiger partial charge < -0.3 is 0 Å². The van der Waals surface area contributed by atoms with Crippen molar-refractivity contribution in [3.05, 3.63) is 95.8 Å². The molecule has 0 saturated carbocycles. The molecular formula is C24H23F3N2O2S. The molecule has 0 atom stereocenters. The van der Waals surface area contributed by atoms with Crippen LogP contribution in [-0.4, -0.2) is 32.4 Å². The van der Waals surface area contributed by atoms with E-state index in [1.54, 1.807) is 18.2 Å². The van der Waals surface area contributed by atoms with Crippen LogP contribution in [0.5, 0.6) is 0 Å². The number of hydrogen-bond donors (Lipinski definition) is 0. The fourth-order valence-electron chi connectivity index (χ4n) is 4.04. The third-order valence-electron chi connectivity index (χ3n) is 5.68. The zero-order valence-electron chi connectivity index (χ0n) is 17.3. The minimum atomic E-state index is -3.86. The number of likely N-dealkylation sites (tertiary alicyclic amines) is 1. The van der Waals surface area contributed by atoms with E-state index in [-0.39, 0.29) is 10.9 Å². The van der Waals surface area contributed by atoms with Crippen molar-refractivity contribution in [1.82, 2.24) is 4.90 Å². The van der Waals surface area contributed by atoms with Crippen LogP contribution in [0, 0.1) is 17.5 Å². The molecule has 4 rings (SSSR count). The number of halogens is 3. The van der Waals surface area contributed by atoms with Crippen LogP contribution in [0.1, 0.15) is 18.4 Å². The summed E-state index contributed by atoms with van der Waals surface area (Å²) in [6.45, 7) is 1.41. The number of hydrogen-bond acceptors (Lipinski definition) is 3. The average Bonchev–Trinajstić information content (AvgIpc) is 2.79. The highest BCUT2D eigenvalue weighted by molar-refractivity contribution is 7.92. The summed E-state index contributed by atoms with van der Waals surface area (Å²) in [5, 5.41) is 0. The van der Waals surface area contributed by atoms with Gasteiger partial charge in [0, 0.05) is 37.3 Å². The monoisotopic (exact) mass is 460 g/mol. The topological polar surface area (TPSA) is 40.6 Å². The standard InChI is InChI=1S/C24H23F3N2O2S/c25-19-8-10-21(11-9-19)29(32(30,31)23-4-2-1-3-5-23)22-12-14-28(15-13-22)17-18-6-7-20(26)16-24(18)27/h1-11,16,22H,12-15,17H2. The SMILES string of the molecule is O=S(=O)(c1ccccc1)N(c1ccc(F)cc1)C1CCN(Cc2ccc(F)cc2F)CC1. The Kier molecular flexibility index (Phi) is 6.53. The Balaban J connectivity index is 1.56. The van der Waals surface area contributed by atoms with Crippen molar-refractivity contribution in [3.8, 4) is 0 Å². The number of piperidine rings is 1. The summed E-state index contributed by atoms with van der Waals surface area (Å²) in [5.74, 6) is -1.65. The number of nitrogens with zero attached hydrogens (tertiary/aromatic N) is 2. The molecule has 1 heterocycles. The number of sulfonamides is 1. The highest BCUT2D eigenvalue weighted by atomic mass is 32.2. The summed E-state index contributed by atoms with van der Waals surface area (Å²) in [6, 6.07) is 16.8. The predicted molar refractivity (Wildman–Crippen MR) is 117 cm³/mol. The summed E-state index contributed by atoms with van der Waals surface area (Å²) < 4.78 is 69.1. The van der Waals surface area contributed by atoms with Gasteiger partial charge in [-0.2, -0.15) is 0 Å². The van der Waals surface area contributed by atoms with E-state index >= 15 is 0 Å². The van der Waals surface area contributed by atoms with Gasteiger partial charge in [0.2, 0.25) is 0 Å². The lowest BCUT2D eigenvalue weighted by Crippen LogP contribution is -2.47. The molecule has 0 aliphatic carbocycles. The summed E-state index contributed by atoms with van der Waals surface area (Å²) in [4.78, 5) is 2.19. The van der Waals surface area contributed by atoms with E-state index in [1.165, 1.54) is 52.8 Å². The molecule has 0 unspecified atom stereocenters. The lowest BCUT2D eigenvalue weighted by Gasteiger charge is -2.39. The van der Waals surface area contributed by atoms with Crippen LogP contribution in [0.25, 0.3) is 0 Å². The molecule has 0 amide bonds. The molecule has 8 heteroatoms. The van der Waals surface area contributed by atoms with Crippen LogP contribution in [0.3, 0.4) is 0 Å². The zero-order chi connectivity index (χ0) is 22.7. The van der Waals surface area contributed by atoms with Gasteiger partial charge in [-0.1, -0.05) is 24.3 Å². The van der Waals surface area contributed by atoms with E-state index in [2.05, 4.69) is 0 Å². The van der Waals surface area contributed by atoms with Gasteiger partial charge in [0.25, 0.3) is 10.0 Å². The second-order valence-electron chi connectivity index (χ2n) is 7.83. The first-order valence-electron chi connectivity index (χ1n) is 10.4. The Hall–Kier alpha value is -2.84. The second kappa shape index (κ2) is 9.34. The molecule has 32 heavy (non-hydrogen) atoms. The van der Waals surface area contributed by atoms with Crippen molar-refractivity contribution in [2.45, 2.75) is 30.3 Å². The maximum absolute atomic E-state index is 14.0. The number of anilines is 1. The molecule has 1 saturated heterocycles. The van der Waals surface area contributed by atoms with E-state index in [0.717, 1.165) is 6.07 Å². The lowest BCUT2D eigenvalue weighted by atomic mass is 10.0. The summed E-state index contributed by atoms with van der Waals surface area (Å²) >= 11 is 0. The largest absolute Gasteiger partial charge is 0.299 e. The van der Waals surface area contributed by atoms with Gasteiger partial charge in [-0.25, -0.2) is 21.6 Å². The smallest absolute Gasteiger partial charge is 0.264 e. The van der Waals surface area contributed by atoms with Crippen molar-refractivity contribution in [2.24, 2.45) is 0 Å². The molecule has 0 N–H and O–H groups in total. The van der Waals surface area contributed by atoms with Crippen LogP contribution in [-0.2, 0) is 16.6 Å². The van der Waals surface area contributed by atoms with Crippen molar-refractivity contribution in [1.29, 1.82) is 0 Å². The normalized spacial score (nSPS) is 15.6. The van der Waals surface area contributed by atoms with E-state index in [9.17, 15) is 21.6 Å². The van der Waals surface area contributed by atoms with Gasteiger partial charge in [0.1, 0.15) is 17.5 Å². The first kappa shape index (κ1) is 22.4. The van der Waals surface area contributed by atoms with Crippen LogP contribution in [0.4, 0.5) is 18.9 Å². The molecule has 0 radical (unpaired) electrons. The number of benzene rings is 3. The zero-order valence-corrected chi connectivity index (χ0v) is 18.1. The molecular weight excluding hydrogens is 437 g/mol. The first-order valence-corrected chi connectivity index (χ1v) is 11.8. The van der Waals surface area contributed by atoms with Gasteiger partial charge in [-0.3, -0.25) is 9.21 Å². The molecule has 0 spiro atoms. The first-order chi connectivity index (χ1) is 15.3. The maximum atomic E-state index is 14.0. The molecule has 3 aromatic carbocycles. The fourth-order valence-corrected chi connectivity index (χ4v) is 5.77. The average molecular weight is 461 g/mol. The second-order valence-corrected chi connectivity index (χ2v) is 9.65. The van der Waals surface area contributed by atoms with Crippen LogP contribution in [0.15, 0.2) is 77.7 Å². The molecule has 0 aromatic heterocycles. The van der Waals surface area contributed by atoms with Crippen molar-refractivity contribution in [3.63, 3.8) is 0 Å². The predicted octanol–water partition coefficient (Wildman–Crippen LogP) is 4.96. The molecule has 0 bridgehead atoms. The third-order valence-corrected chi connectivity index (χ3v) is 7.57. The van der Waals surface area contributed by atoms with Gasteiger partial charge in [-0.05, 0) is 55.3 Å². The van der Waals surface area contributed by atoms with Gasteiger partial charge in [0.15, 0.2) is 0 Å². The minimum Gasteiger partial charge on any atom is -0.299 e. The third kappa shape index (κ3) is 4.81. The van der Waals surface area contributed by atoms with Gasteiger partial charge in [0.05, 0.1) is 10.6 Å². The minimum absolute atomic E-state index is 0.167. The van der Waals surface area contributed by atoms with Crippen LogP contribution < -0.4 is 4.31 Å². The molecule has 1 aliphatic rings. The summed E-state index contributed by atoms with van der Waals surface area (Å²) in [7, 11) is -3.86. The van der Waals surface area contributed by atoms with Gasteiger partial charge >= 0.3 is 0 Å². The molecule has 3 aromatic rings. The maximum Gasteiger partial charge on any atom is 0.264 e. The summed E-state index contributed by atoms with van der Waals surface area (Å²) in [6.07, 6.45) is 1.04. The van der Waals surface area contributed by atoms with E-state index < -0.39 is 27.5 Å². The lowest BCUT2D eigenvalue weighted by molar-refractivity contribution is 0.204. The van der Waals surface area contributed by atoms with Crippen molar-refractivity contribution >= 4 is 15.7 Å². The number of rotatable bonds is 6. The van der Waals surface area contributed by atoms with E-state index in [1.807, 2.05) is 4.90 Å². The van der Waals surface area contributed by atoms with Crippen molar-refractivity contribution in [2.75, 3.05) is 17.4 Å². The Bertz CT molecular complexity index is 1160. The Morgan fingerprint density at radius 1 is 0.844 bits per heavy atom. The van der Waals surface area contributed by atoms with Crippen molar-refractivity contribution < 1.29 is 21.6 Å². The molecule has 4 nitrogen and oxygen atoms in total. The van der Waals surface area contributed by atoms with Gasteiger partial charge in [-0.15, -0.1) is 0 Å². The van der Waals surface area contributed by atoms with E-state index in [0.29, 0.717) is 43.7 Å². The Morgan fingerprint density at radius 3 is 2.09 bits per heavy atom. The van der Waals surface area contributed by atoms with Crippen LogP contribution in [0.2, 0.25) is 0 Å². The fraction of sp³-hybridized carbons (Fsp3) is 0.250. The molecule has 1 fully saturated rings. The Labute approximate surface area is 186 Å². The summed E-state index contributed by atoms with van der Waals surface area (Å²) in [5.41, 5.74) is 0.801. The van der Waals surface area contributed by atoms with Crippen LogP contribution >= 0.6 is 0 Å². The molecule has 168 valence electrons. The highest BCUT2D eigenvalue weighted by Gasteiger charge is 2.34. The Morgan fingerprint density at radius 2 is 1.47 bits per heavy atom. The molecule has 1 aliphatic heterocycles. The quantitative estimate of drug-likeness (QED) is 0.522. The highest BCUT2D eigenvalue weighted by Crippen LogP contribution is 2.31.